The van der Waals surface area contributed by atoms with Gasteiger partial charge in [-0.3, -0.25) is 0 Å². The fourth-order valence-corrected chi connectivity index (χ4v) is 12.7. The van der Waals surface area contributed by atoms with Gasteiger partial charge in [-0.25, -0.2) is 19.9 Å². The van der Waals surface area contributed by atoms with Crippen LogP contribution in [-0.4, -0.2) is 46.6 Å². The fourth-order valence-electron chi connectivity index (χ4n) is 10.6. The van der Waals surface area contributed by atoms with Crippen LogP contribution in [-0.2, 0) is 0 Å². The van der Waals surface area contributed by atoms with Crippen LogP contribution in [0.1, 0.15) is 0 Å². The van der Waals surface area contributed by atoms with E-state index in [4.69, 9.17) is 0 Å². The van der Waals surface area contributed by atoms with Crippen LogP contribution < -0.4 is 0 Å². The van der Waals surface area contributed by atoms with Gasteiger partial charge >= 0.3 is 0 Å². The first-order valence-corrected chi connectivity index (χ1v) is 27.5. The molecule has 15 rings (SSSR count). The first-order chi connectivity index (χ1) is 37.6. The van der Waals surface area contributed by atoms with Crippen LogP contribution in [0.4, 0.5) is 0 Å². The number of benzene rings is 9. The minimum atomic E-state index is 0.895. The lowest BCUT2D eigenvalue weighted by Crippen LogP contribution is -1.98. The molecule has 0 unspecified atom stereocenters. The molecule has 0 atom stereocenters. The molecule has 10 nitrogen and oxygen atoms in total. The maximum atomic E-state index is 4.49. The third-order valence-electron chi connectivity index (χ3n) is 14.1. The molecule has 0 saturated carbocycles. The fraction of sp³-hybridized carbons (Fsp3) is 0. The highest BCUT2D eigenvalue weighted by Gasteiger charge is 2.23. The van der Waals surface area contributed by atoms with E-state index in [0.29, 0.717) is 0 Å². The standard InChI is InChI=1S/C62H36N10S4/c1-3-7-54-51(5-1)52-25-26-56-57(58(52)72(54)50-31-47(39-13-21-43(22-14-39)61-65-35-69-75-61)28-48(32-50)40-15-23-44(24-16-40)62-66-36-70-76-62)53-6-2-4-8-55(53)71(56)49-29-45(37-9-17-41(18-10-37)59-63-33-67-73-59)27-46(30-49)38-11-19-42(20-12-38)60-64-34-68-74-60/h1-36H. The zero-order chi connectivity index (χ0) is 50.1. The predicted molar refractivity (Wildman–Crippen MR) is 312 cm³/mol. The molecule has 358 valence electrons. The first kappa shape index (κ1) is 44.3. The second kappa shape index (κ2) is 18.3. The van der Waals surface area contributed by atoms with Gasteiger partial charge in [-0.05, 0) is 145 Å². The summed E-state index contributed by atoms with van der Waals surface area (Å²) in [5, 5.41) is 8.29. The number of hydrogen-bond acceptors (Lipinski definition) is 12. The number of aromatic nitrogens is 10. The van der Waals surface area contributed by atoms with E-state index in [-0.39, 0.29) is 0 Å². The molecule has 0 saturated heterocycles. The number of hydrogen-bond donors (Lipinski definition) is 0. The van der Waals surface area contributed by atoms with Crippen molar-refractivity contribution in [3.05, 3.63) is 219 Å². The molecule has 0 fully saturated rings. The molecule has 0 N–H and O–H groups in total. The summed E-state index contributed by atoms with van der Waals surface area (Å²) in [7, 11) is 0. The van der Waals surface area contributed by atoms with Crippen LogP contribution in [0.25, 0.3) is 142 Å². The Morgan fingerprint density at radius 2 is 0.605 bits per heavy atom. The van der Waals surface area contributed by atoms with E-state index in [1.54, 1.807) is 25.3 Å². The van der Waals surface area contributed by atoms with Crippen molar-refractivity contribution in [2.45, 2.75) is 0 Å². The number of nitrogens with zero attached hydrogens (tertiary/aromatic N) is 10. The average molecular weight is 1050 g/mol. The summed E-state index contributed by atoms with van der Waals surface area (Å²) in [6, 6.07) is 70.9. The summed E-state index contributed by atoms with van der Waals surface area (Å²) in [6.45, 7) is 0. The van der Waals surface area contributed by atoms with Crippen molar-refractivity contribution in [1.82, 2.24) is 46.6 Å². The highest BCUT2D eigenvalue weighted by molar-refractivity contribution is 7.09. The summed E-state index contributed by atoms with van der Waals surface area (Å²) in [4.78, 5) is 17.9. The van der Waals surface area contributed by atoms with Crippen LogP contribution in [0, 0.1) is 0 Å². The highest BCUT2D eigenvalue weighted by atomic mass is 32.1. The molecule has 15 aromatic rings. The largest absolute Gasteiger partial charge is 0.309 e. The topological polar surface area (TPSA) is 113 Å². The van der Waals surface area contributed by atoms with Crippen molar-refractivity contribution in [3.8, 4) is 98.2 Å². The SMILES string of the molecule is c1ccc2c(c1)c1c(ccc3c4ccccc4n(-c4cc(-c5ccc(-c6ncns6)cc5)cc(-c5ccc(-c6ncns6)cc5)c4)c31)n2-c1cc(-c2ccc(-c3ncns3)cc2)cc(-c2ccc(-c3ncns3)cc2)c1. The van der Waals surface area contributed by atoms with Gasteiger partial charge in [0.1, 0.15) is 45.3 Å². The molecule has 6 heterocycles. The summed E-state index contributed by atoms with van der Waals surface area (Å²) < 4.78 is 22.0. The van der Waals surface area contributed by atoms with Gasteiger partial charge < -0.3 is 9.13 Å². The number of para-hydroxylation sites is 2. The number of fused-ring (bicyclic) bond motifs is 7. The highest BCUT2D eigenvalue weighted by Crippen LogP contribution is 2.45. The third kappa shape index (κ3) is 7.65. The molecule has 0 radical (unpaired) electrons. The molecule has 6 aromatic heterocycles. The van der Waals surface area contributed by atoms with E-state index in [9.17, 15) is 0 Å². The minimum Gasteiger partial charge on any atom is -0.309 e. The van der Waals surface area contributed by atoms with Crippen LogP contribution in [0.5, 0.6) is 0 Å². The van der Waals surface area contributed by atoms with Crippen molar-refractivity contribution in [2.24, 2.45) is 0 Å². The molecule has 9 aromatic carbocycles. The van der Waals surface area contributed by atoms with E-state index < -0.39 is 0 Å². The molecule has 0 amide bonds. The van der Waals surface area contributed by atoms with E-state index in [0.717, 1.165) is 126 Å². The van der Waals surface area contributed by atoms with Crippen LogP contribution in [0.2, 0.25) is 0 Å². The van der Waals surface area contributed by atoms with Gasteiger partial charge in [0.2, 0.25) is 0 Å². The molecule has 14 heteroatoms. The van der Waals surface area contributed by atoms with E-state index in [2.05, 4.69) is 241 Å². The molecule has 0 aliphatic heterocycles. The average Bonchev–Trinajstić information content (AvgIpc) is 4.36. The Labute approximate surface area is 450 Å². The van der Waals surface area contributed by atoms with Gasteiger partial charge in [-0.15, -0.1) is 0 Å². The second-order valence-electron chi connectivity index (χ2n) is 18.4. The predicted octanol–water partition coefficient (Wildman–Crippen LogP) is 16.6. The molecular weight excluding hydrogens is 1010 g/mol. The first-order valence-electron chi connectivity index (χ1n) is 24.4. The third-order valence-corrected chi connectivity index (χ3v) is 17.0. The minimum absolute atomic E-state index is 0.895. The lowest BCUT2D eigenvalue weighted by Gasteiger charge is -2.15. The van der Waals surface area contributed by atoms with Crippen LogP contribution in [0.3, 0.4) is 0 Å². The van der Waals surface area contributed by atoms with E-state index in [1.807, 2.05) is 0 Å². The van der Waals surface area contributed by atoms with Gasteiger partial charge in [-0.2, -0.15) is 17.5 Å². The summed E-state index contributed by atoms with van der Waals surface area (Å²) in [6.07, 6.45) is 6.44. The van der Waals surface area contributed by atoms with Gasteiger partial charge in [0.15, 0.2) is 0 Å². The monoisotopic (exact) mass is 1050 g/mol. The Morgan fingerprint density at radius 1 is 0.263 bits per heavy atom. The van der Waals surface area contributed by atoms with Crippen LogP contribution in [0.15, 0.2) is 219 Å². The smallest absolute Gasteiger partial charge is 0.143 e. The second-order valence-corrected chi connectivity index (χ2v) is 21.5. The summed E-state index contributed by atoms with van der Waals surface area (Å²) >= 11 is 5.60. The number of rotatable bonds is 10. The van der Waals surface area contributed by atoms with E-state index >= 15 is 0 Å². The van der Waals surface area contributed by atoms with Crippen molar-refractivity contribution in [1.29, 1.82) is 0 Å². The molecule has 0 spiro atoms. The Balaban J connectivity index is 0.959. The molecule has 0 aliphatic rings. The summed E-state index contributed by atoms with van der Waals surface area (Å²) in [5.41, 5.74) is 19.6. The van der Waals surface area contributed by atoms with Gasteiger partial charge in [0.05, 0.1) is 22.1 Å². The van der Waals surface area contributed by atoms with Gasteiger partial charge in [0, 0.05) is 55.2 Å². The lowest BCUT2D eigenvalue weighted by molar-refractivity contribution is 1.17. The Hall–Kier alpha value is -9.18. The lowest BCUT2D eigenvalue weighted by atomic mass is 9.96. The van der Waals surface area contributed by atoms with Gasteiger partial charge in [-0.1, -0.05) is 140 Å². The zero-order valence-electron chi connectivity index (χ0n) is 39.9. The molecule has 0 aliphatic carbocycles. The van der Waals surface area contributed by atoms with Crippen LogP contribution >= 0.6 is 46.1 Å². The Morgan fingerprint density at radius 3 is 0.987 bits per heavy atom. The molecule has 76 heavy (non-hydrogen) atoms. The van der Waals surface area contributed by atoms with Crippen molar-refractivity contribution in [2.75, 3.05) is 0 Å². The normalized spacial score (nSPS) is 11.7. The van der Waals surface area contributed by atoms with E-state index in [1.165, 1.54) is 62.3 Å². The van der Waals surface area contributed by atoms with Gasteiger partial charge in [0.25, 0.3) is 0 Å². The van der Waals surface area contributed by atoms with Crippen molar-refractivity contribution >= 4 is 89.7 Å². The quantitative estimate of drug-likeness (QED) is 0.133. The zero-order valence-corrected chi connectivity index (χ0v) is 43.2. The Kier molecular flexibility index (Phi) is 10.7. The molecular formula is C62H36N10S4. The maximum absolute atomic E-state index is 4.49. The van der Waals surface area contributed by atoms with Crippen molar-refractivity contribution < 1.29 is 0 Å². The maximum Gasteiger partial charge on any atom is 0.143 e. The summed E-state index contributed by atoms with van der Waals surface area (Å²) in [5.74, 6) is 0. The van der Waals surface area contributed by atoms with Crippen molar-refractivity contribution in [3.63, 3.8) is 0 Å². The Bertz CT molecular complexity index is 4390. The molecule has 0 bridgehead atoms.